The number of hydrogen-bond acceptors (Lipinski definition) is 4. The lowest BCUT2D eigenvalue weighted by Gasteiger charge is -2.21. The Labute approximate surface area is 170 Å². The topological polar surface area (TPSA) is 74.3 Å². The minimum atomic E-state index is -0.143. The Bertz CT molecular complexity index is 867. The number of halogens is 1. The first kappa shape index (κ1) is 20.3. The number of rotatable bonds is 8. The van der Waals surface area contributed by atoms with Gasteiger partial charge in [-0.05, 0) is 56.0 Å². The molecular weight excluding hydrogens is 376 g/mol. The zero-order valence-electron chi connectivity index (χ0n) is 16.2. The largest absolute Gasteiger partial charge is 0.325 e. The van der Waals surface area contributed by atoms with Crippen LogP contribution in [0.3, 0.4) is 0 Å². The molecule has 7 heteroatoms. The van der Waals surface area contributed by atoms with E-state index < -0.39 is 0 Å². The molecule has 6 nitrogen and oxygen atoms in total. The highest BCUT2D eigenvalue weighted by atomic mass is 35.5. The first-order chi connectivity index (χ1) is 13.4. The van der Waals surface area contributed by atoms with Crippen molar-refractivity contribution in [2.45, 2.75) is 39.2 Å². The smallest absolute Gasteiger partial charge is 0.238 e. The number of aromatic nitrogens is 1. The molecule has 1 saturated carbocycles. The van der Waals surface area contributed by atoms with Crippen molar-refractivity contribution >= 4 is 34.9 Å². The summed E-state index contributed by atoms with van der Waals surface area (Å²) in [5, 5.41) is 6.07. The van der Waals surface area contributed by atoms with Gasteiger partial charge in [0.15, 0.2) is 0 Å². The van der Waals surface area contributed by atoms with E-state index in [-0.39, 0.29) is 18.4 Å². The van der Waals surface area contributed by atoms with Crippen LogP contribution >= 0.6 is 11.6 Å². The van der Waals surface area contributed by atoms with Gasteiger partial charge in [0.05, 0.1) is 6.54 Å². The molecule has 0 radical (unpaired) electrons. The first-order valence-electron chi connectivity index (χ1n) is 9.44. The normalized spacial score (nSPS) is 13.4. The summed E-state index contributed by atoms with van der Waals surface area (Å²) in [5.74, 6) is 0.232. The monoisotopic (exact) mass is 400 g/mol. The van der Waals surface area contributed by atoms with Crippen LogP contribution in [0.1, 0.15) is 30.4 Å². The third-order valence-corrected chi connectivity index (χ3v) is 4.90. The molecule has 148 valence electrons. The van der Waals surface area contributed by atoms with Crippen molar-refractivity contribution in [3.05, 3.63) is 52.7 Å². The Morgan fingerprint density at radius 1 is 1.14 bits per heavy atom. The number of anilines is 2. The quantitative estimate of drug-likeness (QED) is 0.661. The highest BCUT2D eigenvalue weighted by molar-refractivity contribution is 6.29. The highest BCUT2D eigenvalue weighted by Gasteiger charge is 2.30. The van der Waals surface area contributed by atoms with E-state index in [0.29, 0.717) is 30.0 Å². The van der Waals surface area contributed by atoms with Gasteiger partial charge in [-0.25, -0.2) is 4.98 Å². The molecule has 0 saturated heterocycles. The molecule has 3 rings (SSSR count). The molecule has 2 aromatic rings. The van der Waals surface area contributed by atoms with E-state index in [4.69, 9.17) is 11.6 Å². The average Bonchev–Trinajstić information content (AvgIpc) is 3.47. The summed E-state index contributed by atoms with van der Waals surface area (Å²) in [6.45, 7) is 4.78. The second-order valence-electron chi connectivity index (χ2n) is 7.21. The molecule has 0 spiro atoms. The predicted molar refractivity (Wildman–Crippen MR) is 112 cm³/mol. The number of amides is 2. The molecular formula is C21H25ClN4O2. The summed E-state index contributed by atoms with van der Waals surface area (Å²) in [5.41, 5.74) is 2.97. The van der Waals surface area contributed by atoms with Gasteiger partial charge in [-0.1, -0.05) is 29.8 Å². The minimum Gasteiger partial charge on any atom is -0.325 e. The summed E-state index contributed by atoms with van der Waals surface area (Å²) in [6, 6.07) is 11.5. The van der Waals surface area contributed by atoms with Crippen LogP contribution in [0.4, 0.5) is 11.5 Å². The zero-order chi connectivity index (χ0) is 20.1. The second-order valence-corrected chi connectivity index (χ2v) is 7.60. The van der Waals surface area contributed by atoms with Crippen LogP contribution in [0.25, 0.3) is 0 Å². The van der Waals surface area contributed by atoms with Gasteiger partial charge in [0.25, 0.3) is 0 Å². The third kappa shape index (κ3) is 6.04. The molecule has 1 heterocycles. The Kier molecular flexibility index (Phi) is 6.65. The summed E-state index contributed by atoms with van der Waals surface area (Å²) in [7, 11) is 0. The van der Waals surface area contributed by atoms with Crippen molar-refractivity contribution in [1.82, 2.24) is 9.88 Å². The van der Waals surface area contributed by atoms with Crippen molar-refractivity contribution < 1.29 is 9.59 Å². The highest BCUT2D eigenvalue weighted by Crippen LogP contribution is 2.27. The molecule has 28 heavy (non-hydrogen) atoms. The lowest BCUT2D eigenvalue weighted by molar-refractivity contribution is -0.119. The molecule has 2 amide bonds. The molecule has 0 unspecified atom stereocenters. The van der Waals surface area contributed by atoms with E-state index in [0.717, 1.165) is 29.7 Å². The molecule has 1 aromatic carbocycles. The number of carbonyl (C=O) groups is 2. The molecule has 2 N–H and O–H groups in total. The van der Waals surface area contributed by atoms with Crippen molar-refractivity contribution in [1.29, 1.82) is 0 Å². The summed E-state index contributed by atoms with van der Waals surface area (Å²) >= 11 is 5.84. The predicted octanol–water partition coefficient (Wildman–Crippen LogP) is 3.78. The van der Waals surface area contributed by atoms with Gasteiger partial charge in [0.1, 0.15) is 11.0 Å². The van der Waals surface area contributed by atoms with E-state index >= 15 is 0 Å². The molecule has 1 fully saturated rings. The van der Waals surface area contributed by atoms with Crippen LogP contribution in [0.15, 0.2) is 36.4 Å². The van der Waals surface area contributed by atoms with Crippen LogP contribution in [0.5, 0.6) is 0 Å². The Morgan fingerprint density at radius 2 is 1.93 bits per heavy atom. The third-order valence-electron chi connectivity index (χ3n) is 4.69. The van der Waals surface area contributed by atoms with E-state index in [1.54, 1.807) is 18.2 Å². The number of pyridine rings is 1. The SMILES string of the molecule is Cc1ccc(C)c(NC(=O)CN(CCC(=O)Nc2cccc(Cl)n2)C2CC2)c1. The Balaban J connectivity index is 1.51. The molecule has 0 atom stereocenters. The fourth-order valence-corrected chi connectivity index (χ4v) is 3.17. The average molecular weight is 401 g/mol. The Hall–Kier alpha value is -2.44. The lowest BCUT2D eigenvalue weighted by Crippen LogP contribution is -2.37. The van der Waals surface area contributed by atoms with Crippen LogP contribution in [-0.2, 0) is 9.59 Å². The fourth-order valence-electron chi connectivity index (χ4n) is 3.00. The van der Waals surface area contributed by atoms with Gasteiger partial charge in [-0.3, -0.25) is 14.5 Å². The van der Waals surface area contributed by atoms with Gasteiger partial charge in [-0.2, -0.15) is 0 Å². The summed E-state index contributed by atoms with van der Waals surface area (Å²) in [6.07, 6.45) is 2.42. The standard InChI is InChI=1S/C21H25ClN4O2/c1-14-6-7-15(2)17(12-14)23-21(28)13-26(16-8-9-16)11-10-20(27)25-19-5-3-4-18(22)24-19/h3-7,12,16H,8-11,13H2,1-2H3,(H,23,28)(H,24,25,27). The number of carbonyl (C=O) groups excluding carboxylic acids is 2. The second kappa shape index (κ2) is 9.17. The number of nitrogens with one attached hydrogen (secondary N) is 2. The summed E-state index contributed by atoms with van der Waals surface area (Å²) < 4.78 is 0. The van der Waals surface area contributed by atoms with Gasteiger partial charge >= 0.3 is 0 Å². The van der Waals surface area contributed by atoms with Crippen LogP contribution in [0.2, 0.25) is 5.15 Å². The number of aryl methyl sites for hydroxylation is 2. The van der Waals surface area contributed by atoms with Crippen LogP contribution in [0, 0.1) is 13.8 Å². The molecule has 1 aliphatic rings. The number of hydrogen-bond donors (Lipinski definition) is 2. The van der Waals surface area contributed by atoms with Crippen molar-refractivity contribution in [3.8, 4) is 0 Å². The number of benzene rings is 1. The maximum atomic E-state index is 12.5. The van der Waals surface area contributed by atoms with Crippen molar-refractivity contribution in [3.63, 3.8) is 0 Å². The van der Waals surface area contributed by atoms with Gasteiger partial charge in [-0.15, -0.1) is 0 Å². The lowest BCUT2D eigenvalue weighted by atomic mass is 10.1. The van der Waals surface area contributed by atoms with E-state index in [2.05, 4.69) is 20.5 Å². The van der Waals surface area contributed by atoms with Crippen molar-refractivity contribution in [2.24, 2.45) is 0 Å². The fraction of sp³-hybridized carbons (Fsp3) is 0.381. The van der Waals surface area contributed by atoms with Gasteiger partial charge < -0.3 is 10.6 Å². The molecule has 1 aliphatic carbocycles. The van der Waals surface area contributed by atoms with Gasteiger partial charge in [0.2, 0.25) is 11.8 Å². The van der Waals surface area contributed by atoms with E-state index in [1.165, 1.54) is 0 Å². The first-order valence-corrected chi connectivity index (χ1v) is 9.82. The molecule has 0 aliphatic heterocycles. The zero-order valence-corrected chi connectivity index (χ0v) is 16.9. The minimum absolute atomic E-state index is 0.0579. The Morgan fingerprint density at radius 3 is 2.64 bits per heavy atom. The van der Waals surface area contributed by atoms with Gasteiger partial charge in [0, 0.05) is 24.7 Å². The van der Waals surface area contributed by atoms with E-state index in [1.807, 2.05) is 32.0 Å². The van der Waals surface area contributed by atoms with Crippen molar-refractivity contribution in [2.75, 3.05) is 23.7 Å². The molecule has 1 aromatic heterocycles. The van der Waals surface area contributed by atoms with Crippen LogP contribution in [-0.4, -0.2) is 40.8 Å². The molecule has 0 bridgehead atoms. The van der Waals surface area contributed by atoms with E-state index in [9.17, 15) is 9.59 Å². The van der Waals surface area contributed by atoms with Crippen LogP contribution < -0.4 is 10.6 Å². The summed E-state index contributed by atoms with van der Waals surface area (Å²) in [4.78, 5) is 30.9. The maximum Gasteiger partial charge on any atom is 0.238 e. The maximum absolute atomic E-state index is 12.5. The number of nitrogens with zero attached hydrogens (tertiary/aromatic N) is 2.